The zero-order valence-electron chi connectivity index (χ0n) is 19.0. The number of rotatable bonds is 6. The average Bonchev–Trinajstić information content (AvgIpc) is 2.73. The van der Waals surface area contributed by atoms with Crippen LogP contribution in [0.5, 0.6) is 11.5 Å². The molecule has 0 fully saturated rings. The molecule has 2 aromatic rings. The van der Waals surface area contributed by atoms with Crippen LogP contribution in [0.3, 0.4) is 0 Å². The van der Waals surface area contributed by atoms with Crippen molar-refractivity contribution in [3.05, 3.63) is 58.9 Å². The number of halogens is 4. The van der Waals surface area contributed by atoms with Gasteiger partial charge in [-0.15, -0.1) is 0 Å². The molecule has 0 radical (unpaired) electrons. The molecule has 0 aliphatic rings. The van der Waals surface area contributed by atoms with E-state index in [9.17, 15) is 27.2 Å². The number of hydrogen-bond donors (Lipinski definition) is 1. The molecule has 33 heavy (non-hydrogen) atoms. The molecule has 2 amide bonds. The summed E-state index contributed by atoms with van der Waals surface area (Å²) in [5, 5.41) is 0.914. The van der Waals surface area contributed by atoms with Gasteiger partial charge in [-0.2, -0.15) is 13.2 Å². The highest BCUT2D eigenvalue weighted by Crippen LogP contribution is 2.29. The fraction of sp³-hybridized carbons (Fsp3) is 0.391. The lowest BCUT2D eigenvalue weighted by Gasteiger charge is -2.36. The molecule has 1 N–H and O–H groups in total. The molecule has 0 atom stereocenters. The molecule has 10 heteroatoms. The van der Waals surface area contributed by atoms with Crippen molar-refractivity contribution >= 4 is 11.8 Å². The Bertz CT molecular complexity index is 1020. The maximum absolute atomic E-state index is 14.4. The molecule has 0 saturated carbocycles. The van der Waals surface area contributed by atoms with Crippen molar-refractivity contribution in [2.45, 2.75) is 45.8 Å². The van der Waals surface area contributed by atoms with Gasteiger partial charge >= 0.3 is 6.18 Å². The topological polar surface area (TPSA) is 67.9 Å². The number of hydrogen-bond acceptors (Lipinski definition) is 4. The summed E-state index contributed by atoms with van der Waals surface area (Å²) in [6.07, 6.45) is -4.05. The molecular formula is C23H26F4N2O4. The molecule has 0 unspecified atom stereocenters. The third-order valence-electron chi connectivity index (χ3n) is 4.58. The Balaban J connectivity index is 2.42. The van der Waals surface area contributed by atoms with Crippen LogP contribution in [0.15, 0.2) is 36.4 Å². The van der Waals surface area contributed by atoms with Gasteiger partial charge in [0.2, 0.25) is 0 Å². The number of methoxy groups -OCH3 is 1. The number of nitrogens with zero attached hydrogens (tertiary/aromatic N) is 1. The Kier molecular flexibility index (Phi) is 7.94. The van der Waals surface area contributed by atoms with E-state index in [1.165, 1.54) is 37.4 Å². The maximum Gasteiger partial charge on any atom is 0.422 e. The van der Waals surface area contributed by atoms with Crippen LogP contribution in [0.1, 0.15) is 54.0 Å². The van der Waals surface area contributed by atoms with E-state index in [1.54, 1.807) is 26.8 Å². The molecule has 0 heterocycles. The molecule has 0 aliphatic heterocycles. The van der Waals surface area contributed by atoms with E-state index < -0.39 is 36.0 Å². The molecule has 2 aromatic carbocycles. The van der Waals surface area contributed by atoms with Gasteiger partial charge in [0.25, 0.3) is 11.8 Å². The van der Waals surface area contributed by atoms with Gasteiger partial charge in [-0.1, -0.05) is 13.0 Å². The maximum atomic E-state index is 14.4. The molecule has 0 saturated heterocycles. The van der Waals surface area contributed by atoms with Crippen molar-refractivity contribution in [1.29, 1.82) is 0 Å². The lowest BCUT2D eigenvalue weighted by atomic mass is 10.1. The van der Waals surface area contributed by atoms with Crippen LogP contribution < -0.4 is 14.9 Å². The highest BCUT2D eigenvalue weighted by molar-refractivity contribution is 6.01. The van der Waals surface area contributed by atoms with Crippen LogP contribution in [-0.2, 0) is 6.42 Å². The van der Waals surface area contributed by atoms with E-state index in [2.05, 4.69) is 5.43 Å². The number of alkyl halides is 3. The molecule has 2 rings (SSSR count). The van der Waals surface area contributed by atoms with Crippen LogP contribution in [0.25, 0.3) is 0 Å². The minimum atomic E-state index is -4.62. The van der Waals surface area contributed by atoms with E-state index in [0.717, 1.165) is 5.01 Å². The Morgan fingerprint density at radius 2 is 1.70 bits per heavy atom. The van der Waals surface area contributed by atoms with Gasteiger partial charge in [-0.3, -0.25) is 15.0 Å². The number of ether oxygens (including phenoxy) is 2. The van der Waals surface area contributed by atoms with Gasteiger partial charge in [-0.25, -0.2) is 9.40 Å². The number of nitrogens with one attached hydrogen (secondary N) is 1. The summed E-state index contributed by atoms with van der Waals surface area (Å²) in [5.41, 5.74) is 1.48. The molecule has 0 aromatic heterocycles. The fourth-order valence-electron chi connectivity index (χ4n) is 2.86. The third kappa shape index (κ3) is 6.84. The van der Waals surface area contributed by atoms with Gasteiger partial charge in [0.1, 0.15) is 17.3 Å². The molecule has 0 aliphatic carbocycles. The first-order valence-corrected chi connectivity index (χ1v) is 10.1. The highest BCUT2D eigenvalue weighted by Gasteiger charge is 2.34. The monoisotopic (exact) mass is 470 g/mol. The van der Waals surface area contributed by atoms with Gasteiger partial charge in [0.15, 0.2) is 6.61 Å². The van der Waals surface area contributed by atoms with Crippen molar-refractivity contribution in [3.63, 3.8) is 0 Å². The predicted octanol–water partition coefficient (Wildman–Crippen LogP) is 4.92. The summed E-state index contributed by atoms with van der Waals surface area (Å²) in [5.74, 6) is -2.67. The highest BCUT2D eigenvalue weighted by atomic mass is 19.4. The second kappa shape index (κ2) is 10.1. The lowest BCUT2D eigenvalue weighted by molar-refractivity contribution is -0.153. The first-order valence-electron chi connectivity index (χ1n) is 10.1. The van der Waals surface area contributed by atoms with Crippen LogP contribution in [0.2, 0.25) is 0 Å². The lowest BCUT2D eigenvalue weighted by Crippen LogP contribution is -2.56. The normalized spacial score (nSPS) is 11.7. The second-order valence-electron chi connectivity index (χ2n) is 8.19. The predicted molar refractivity (Wildman–Crippen MR) is 114 cm³/mol. The quantitative estimate of drug-likeness (QED) is 0.481. The molecule has 0 spiro atoms. The summed E-state index contributed by atoms with van der Waals surface area (Å²) in [6.45, 7) is 5.01. The first kappa shape index (κ1) is 26.0. The Labute approximate surface area is 189 Å². The van der Waals surface area contributed by atoms with Crippen molar-refractivity contribution in [2.24, 2.45) is 0 Å². The number of carbonyl (C=O) groups excluding carboxylic acids is 2. The summed E-state index contributed by atoms with van der Waals surface area (Å²) >= 11 is 0. The average molecular weight is 470 g/mol. The van der Waals surface area contributed by atoms with E-state index in [4.69, 9.17) is 9.47 Å². The van der Waals surface area contributed by atoms with Gasteiger partial charge in [0.05, 0.1) is 23.8 Å². The minimum Gasteiger partial charge on any atom is -0.497 e. The number of aryl methyl sites for hydroxylation is 1. The zero-order valence-corrected chi connectivity index (χ0v) is 19.0. The zero-order chi connectivity index (χ0) is 25.0. The minimum absolute atomic E-state index is 0.194. The second-order valence-corrected chi connectivity index (χ2v) is 8.19. The molecule has 0 bridgehead atoms. The van der Waals surface area contributed by atoms with E-state index >= 15 is 0 Å². The smallest absolute Gasteiger partial charge is 0.422 e. The van der Waals surface area contributed by atoms with Crippen LogP contribution in [-0.4, -0.2) is 42.3 Å². The van der Waals surface area contributed by atoms with Gasteiger partial charge in [-0.05, 0) is 63.1 Å². The van der Waals surface area contributed by atoms with Crippen molar-refractivity contribution in [3.8, 4) is 11.5 Å². The molecule has 180 valence electrons. The van der Waals surface area contributed by atoms with Gasteiger partial charge < -0.3 is 9.47 Å². The van der Waals surface area contributed by atoms with Gasteiger partial charge in [0, 0.05) is 0 Å². The van der Waals surface area contributed by atoms with Crippen LogP contribution >= 0.6 is 0 Å². The summed E-state index contributed by atoms with van der Waals surface area (Å²) in [4.78, 5) is 26.1. The molecular weight excluding hydrogens is 444 g/mol. The summed E-state index contributed by atoms with van der Waals surface area (Å²) in [7, 11) is 1.33. The third-order valence-corrected chi connectivity index (χ3v) is 4.58. The summed E-state index contributed by atoms with van der Waals surface area (Å²) < 4.78 is 62.4. The standard InChI is InChI=1S/C23H26F4N2O4/c1-6-14-7-9-16(18(24)11-14)20(30)28-29(22(2,3)4)21(31)17-12-15(32-5)8-10-19(17)33-13-23(25,26)27/h7-12H,6,13H2,1-5H3,(H,28,30). The van der Waals surface area contributed by atoms with Crippen molar-refractivity contribution in [1.82, 2.24) is 10.4 Å². The van der Waals surface area contributed by atoms with Crippen LogP contribution in [0, 0.1) is 5.82 Å². The van der Waals surface area contributed by atoms with E-state index in [0.29, 0.717) is 12.0 Å². The number of carbonyl (C=O) groups is 2. The molecule has 6 nitrogen and oxygen atoms in total. The summed E-state index contributed by atoms with van der Waals surface area (Å²) in [6, 6.07) is 7.83. The van der Waals surface area contributed by atoms with Crippen molar-refractivity contribution in [2.75, 3.05) is 13.7 Å². The number of benzene rings is 2. The first-order chi connectivity index (χ1) is 15.3. The van der Waals surface area contributed by atoms with Crippen molar-refractivity contribution < 1.29 is 36.6 Å². The van der Waals surface area contributed by atoms with E-state index in [-0.39, 0.29) is 22.6 Å². The fourth-order valence-corrected chi connectivity index (χ4v) is 2.86. The Morgan fingerprint density at radius 1 is 1.03 bits per heavy atom. The Hall–Kier alpha value is -3.30. The largest absolute Gasteiger partial charge is 0.497 e. The Morgan fingerprint density at radius 3 is 2.21 bits per heavy atom. The number of amides is 2. The van der Waals surface area contributed by atoms with E-state index in [1.807, 2.05) is 6.92 Å². The SMILES string of the molecule is CCc1ccc(C(=O)NN(C(=O)c2cc(OC)ccc2OCC(F)(F)F)C(C)(C)C)c(F)c1. The number of hydrazine groups is 1. The van der Waals surface area contributed by atoms with Crippen LogP contribution in [0.4, 0.5) is 17.6 Å².